The fourth-order valence-electron chi connectivity index (χ4n) is 3.25. The highest BCUT2D eigenvalue weighted by atomic mass is 35.7. The number of hydrogen-bond acceptors (Lipinski definition) is 5. The first-order valence-electron chi connectivity index (χ1n) is 11.3. The van der Waals surface area contributed by atoms with Gasteiger partial charge in [0, 0.05) is 23.4 Å². The topological polar surface area (TPSA) is 78.7 Å². The zero-order valence-electron chi connectivity index (χ0n) is 18.2. The summed E-state index contributed by atoms with van der Waals surface area (Å²) in [6.07, 6.45) is 17.7. The molecule has 8 heteroatoms. The van der Waals surface area contributed by atoms with Gasteiger partial charge in [0.1, 0.15) is 5.75 Å². The summed E-state index contributed by atoms with van der Waals surface area (Å²) in [4.78, 5) is 10.1. The highest BCUT2D eigenvalue weighted by Crippen LogP contribution is 2.53. The Balaban J connectivity index is 1.96. The molecule has 0 saturated carbocycles. The Morgan fingerprint density at radius 2 is 1.27 bits per heavy atom. The first kappa shape index (κ1) is 26.9. The molecular formula is C22H37ClNO5P. The van der Waals surface area contributed by atoms with Gasteiger partial charge in [-0.2, -0.15) is 0 Å². The average Bonchev–Trinajstić information content (AvgIpc) is 2.71. The van der Waals surface area contributed by atoms with E-state index in [1.54, 1.807) is 0 Å². The Kier molecular flexibility index (Phi) is 14.9. The van der Waals surface area contributed by atoms with Crippen molar-refractivity contribution < 1.29 is 18.5 Å². The van der Waals surface area contributed by atoms with E-state index in [0.29, 0.717) is 0 Å². The van der Waals surface area contributed by atoms with Crippen molar-refractivity contribution in [2.75, 3.05) is 6.61 Å². The molecule has 0 aliphatic heterocycles. The molecule has 30 heavy (non-hydrogen) atoms. The molecule has 1 rings (SSSR count). The van der Waals surface area contributed by atoms with Gasteiger partial charge < -0.3 is 4.52 Å². The number of unbranched alkanes of at least 4 members (excludes halogenated alkanes) is 13. The number of nitrogens with zero attached hydrogens (tertiary/aromatic N) is 1. The Labute approximate surface area is 186 Å². The van der Waals surface area contributed by atoms with Crippen LogP contribution in [0.4, 0.5) is 5.69 Å². The minimum Gasteiger partial charge on any atom is -0.413 e. The maximum Gasteiger partial charge on any atom is 0.476 e. The quantitative estimate of drug-likeness (QED) is 0.0889. The summed E-state index contributed by atoms with van der Waals surface area (Å²) in [7, 11) is 0. The van der Waals surface area contributed by atoms with Crippen LogP contribution < -0.4 is 4.52 Å². The second-order valence-corrected chi connectivity index (χ2v) is 10.2. The fraction of sp³-hybridized carbons (Fsp3) is 0.727. The summed E-state index contributed by atoms with van der Waals surface area (Å²) in [6, 6.07) is 5.23. The van der Waals surface area contributed by atoms with E-state index in [-0.39, 0.29) is 18.0 Å². The Morgan fingerprint density at radius 3 is 1.70 bits per heavy atom. The van der Waals surface area contributed by atoms with Crippen LogP contribution in [-0.4, -0.2) is 11.5 Å². The molecule has 0 fully saturated rings. The van der Waals surface area contributed by atoms with Crippen LogP contribution in [0.2, 0.25) is 0 Å². The SMILES string of the molecule is CCCCCCCCCCCCCCCCOP(=O)(Cl)Oc1ccc([N+](=O)[O-])cc1. The predicted molar refractivity (Wildman–Crippen MR) is 123 cm³/mol. The van der Waals surface area contributed by atoms with E-state index >= 15 is 0 Å². The highest BCUT2D eigenvalue weighted by Gasteiger charge is 2.22. The van der Waals surface area contributed by atoms with Crippen molar-refractivity contribution in [2.24, 2.45) is 0 Å². The van der Waals surface area contributed by atoms with Gasteiger partial charge in [-0.15, -0.1) is 0 Å². The lowest BCUT2D eigenvalue weighted by Crippen LogP contribution is -1.96. The standard InChI is InChI=1S/C22H37ClNO5P/c1-2-3-4-5-6-7-8-9-10-11-12-13-14-15-20-28-30(23,27)29-22-18-16-21(17-19-22)24(25)26/h16-19H,2-15,20H2,1H3. The summed E-state index contributed by atoms with van der Waals surface area (Å²) in [6.45, 7) is -1.22. The summed E-state index contributed by atoms with van der Waals surface area (Å²) >= 11 is 5.81. The van der Waals surface area contributed by atoms with Crippen LogP contribution >= 0.6 is 18.2 Å². The van der Waals surface area contributed by atoms with Crippen molar-refractivity contribution in [1.82, 2.24) is 0 Å². The molecule has 0 bridgehead atoms. The second-order valence-electron chi connectivity index (χ2n) is 7.70. The summed E-state index contributed by atoms with van der Waals surface area (Å²) < 4.78 is 22.4. The van der Waals surface area contributed by atoms with Gasteiger partial charge in [-0.1, -0.05) is 90.4 Å². The van der Waals surface area contributed by atoms with Gasteiger partial charge in [-0.3, -0.25) is 14.6 Å². The lowest BCUT2D eigenvalue weighted by molar-refractivity contribution is -0.384. The lowest BCUT2D eigenvalue weighted by atomic mass is 10.0. The van der Waals surface area contributed by atoms with E-state index in [9.17, 15) is 14.7 Å². The molecule has 0 aliphatic rings. The van der Waals surface area contributed by atoms with Gasteiger partial charge in [-0.05, 0) is 18.6 Å². The van der Waals surface area contributed by atoms with E-state index in [1.807, 2.05) is 0 Å². The number of non-ortho nitro benzene ring substituents is 1. The third kappa shape index (κ3) is 14.0. The molecule has 1 aromatic carbocycles. The molecule has 0 aliphatic carbocycles. The zero-order valence-corrected chi connectivity index (χ0v) is 19.9. The van der Waals surface area contributed by atoms with Crippen LogP contribution in [0.15, 0.2) is 24.3 Å². The third-order valence-electron chi connectivity index (χ3n) is 5.01. The van der Waals surface area contributed by atoms with Gasteiger partial charge in [0.05, 0.1) is 11.5 Å². The normalized spacial score (nSPS) is 13.1. The molecule has 0 aromatic heterocycles. The van der Waals surface area contributed by atoms with E-state index in [4.69, 9.17) is 20.3 Å². The summed E-state index contributed by atoms with van der Waals surface area (Å²) in [5.41, 5.74) is -0.0740. The predicted octanol–water partition coefficient (Wildman–Crippen LogP) is 8.82. The molecule has 6 nitrogen and oxygen atoms in total. The molecule has 0 heterocycles. The van der Waals surface area contributed by atoms with Crippen LogP contribution in [0.25, 0.3) is 0 Å². The molecule has 172 valence electrons. The largest absolute Gasteiger partial charge is 0.476 e. The van der Waals surface area contributed by atoms with Crippen molar-refractivity contribution in [3.05, 3.63) is 34.4 Å². The van der Waals surface area contributed by atoms with E-state index < -0.39 is 11.9 Å². The molecule has 0 spiro atoms. The average molecular weight is 462 g/mol. The number of nitro groups is 1. The molecule has 0 amide bonds. The zero-order chi connectivity index (χ0) is 22.1. The van der Waals surface area contributed by atoms with E-state index in [2.05, 4.69) is 6.92 Å². The number of halogens is 1. The van der Waals surface area contributed by atoms with Crippen LogP contribution in [-0.2, 0) is 9.09 Å². The molecule has 0 saturated heterocycles. The number of benzene rings is 1. The van der Waals surface area contributed by atoms with Gasteiger partial charge >= 0.3 is 6.95 Å². The van der Waals surface area contributed by atoms with Crippen LogP contribution in [0, 0.1) is 10.1 Å². The molecule has 1 unspecified atom stereocenters. The number of rotatable bonds is 19. The van der Waals surface area contributed by atoms with Gasteiger partial charge in [0.25, 0.3) is 5.69 Å². The minimum atomic E-state index is -3.74. The van der Waals surface area contributed by atoms with Crippen molar-refractivity contribution >= 4 is 23.9 Å². The maximum absolute atomic E-state index is 12.1. The number of nitro benzene ring substituents is 1. The molecule has 1 atom stereocenters. The Morgan fingerprint density at radius 1 is 0.833 bits per heavy atom. The third-order valence-corrected chi connectivity index (χ3v) is 6.43. The fourth-order valence-corrected chi connectivity index (χ4v) is 4.47. The van der Waals surface area contributed by atoms with Gasteiger partial charge in [-0.25, -0.2) is 4.57 Å². The molecule has 1 aromatic rings. The molecule has 0 N–H and O–H groups in total. The Hall–Kier alpha value is -1.10. The minimum absolute atomic E-state index is 0.0740. The monoisotopic (exact) mass is 461 g/mol. The Bertz CT molecular complexity index is 626. The molecule has 0 radical (unpaired) electrons. The first-order valence-corrected chi connectivity index (χ1v) is 13.8. The summed E-state index contributed by atoms with van der Waals surface area (Å²) in [5, 5.41) is 10.6. The van der Waals surface area contributed by atoms with Crippen molar-refractivity contribution in [3.63, 3.8) is 0 Å². The summed E-state index contributed by atoms with van der Waals surface area (Å²) in [5.74, 6) is 0.180. The van der Waals surface area contributed by atoms with Crippen LogP contribution in [0.3, 0.4) is 0 Å². The van der Waals surface area contributed by atoms with E-state index in [0.717, 1.165) is 19.3 Å². The lowest BCUT2D eigenvalue weighted by Gasteiger charge is -2.12. The molecular weight excluding hydrogens is 425 g/mol. The van der Waals surface area contributed by atoms with Crippen LogP contribution in [0.1, 0.15) is 96.8 Å². The van der Waals surface area contributed by atoms with Gasteiger partial charge in [0.15, 0.2) is 0 Å². The van der Waals surface area contributed by atoms with E-state index in [1.165, 1.54) is 94.9 Å². The first-order chi connectivity index (χ1) is 14.4. The second kappa shape index (κ2) is 16.6. The maximum atomic E-state index is 12.1. The smallest absolute Gasteiger partial charge is 0.413 e. The van der Waals surface area contributed by atoms with Crippen molar-refractivity contribution in [1.29, 1.82) is 0 Å². The van der Waals surface area contributed by atoms with Crippen molar-refractivity contribution in [2.45, 2.75) is 96.8 Å². The van der Waals surface area contributed by atoms with Crippen LogP contribution in [0.5, 0.6) is 5.75 Å². The number of hydrogen-bond donors (Lipinski definition) is 0. The van der Waals surface area contributed by atoms with Crippen molar-refractivity contribution in [3.8, 4) is 5.75 Å². The highest BCUT2D eigenvalue weighted by molar-refractivity contribution is 7.81. The van der Waals surface area contributed by atoms with Gasteiger partial charge in [0.2, 0.25) is 0 Å².